The van der Waals surface area contributed by atoms with E-state index in [2.05, 4.69) is 51.7 Å². The van der Waals surface area contributed by atoms with E-state index in [-0.39, 0.29) is 5.91 Å². The third-order valence-electron chi connectivity index (χ3n) is 4.73. The molecular weight excluding hydrogens is 358 g/mol. The second-order valence-corrected chi connectivity index (χ2v) is 7.87. The highest BCUT2D eigenvalue weighted by Gasteiger charge is 2.23. The maximum absolute atomic E-state index is 12.5. The maximum atomic E-state index is 12.5. The van der Waals surface area contributed by atoms with Gasteiger partial charge in [-0.3, -0.25) is 9.69 Å². The summed E-state index contributed by atoms with van der Waals surface area (Å²) in [5.41, 5.74) is 1.66. The van der Waals surface area contributed by atoms with Crippen LogP contribution in [0.15, 0.2) is 58.5 Å². The van der Waals surface area contributed by atoms with E-state index in [1.807, 2.05) is 11.0 Å². The molecule has 3 heterocycles. The quantitative estimate of drug-likeness (QED) is 0.616. The number of carbonyl (C=O) groups excluding carboxylic acids is 1. The van der Waals surface area contributed by atoms with Crippen LogP contribution in [0.4, 0.5) is 0 Å². The van der Waals surface area contributed by atoms with Crippen LogP contribution < -0.4 is 0 Å². The van der Waals surface area contributed by atoms with Crippen molar-refractivity contribution in [2.24, 2.45) is 0 Å². The summed E-state index contributed by atoms with van der Waals surface area (Å²) in [6.45, 7) is 3.83. The predicted molar refractivity (Wildman–Crippen MR) is 105 cm³/mol. The zero-order valence-electron chi connectivity index (χ0n) is 15.2. The molecule has 2 aromatic heterocycles. The van der Waals surface area contributed by atoms with E-state index in [0.29, 0.717) is 18.1 Å². The van der Waals surface area contributed by atoms with Gasteiger partial charge in [0.15, 0.2) is 5.69 Å². The smallest absolute Gasteiger partial charge is 0.275 e. The lowest BCUT2D eigenvalue weighted by atomic mass is 10.2. The number of benzene rings is 1. The molecule has 0 N–H and O–H groups in total. The number of oxazole rings is 1. The van der Waals surface area contributed by atoms with Gasteiger partial charge in [-0.05, 0) is 29.9 Å². The Bertz CT molecular complexity index is 855. The number of aromatic nitrogens is 1. The number of amides is 1. The number of rotatable bonds is 7. The van der Waals surface area contributed by atoms with Gasteiger partial charge in [0.05, 0.1) is 6.54 Å². The molecule has 0 radical (unpaired) electrons. The Balaban J connectivity index is 1.46. The molecule has 1 aliphatic heterocycles. The third-order valence-corrected chi connectivity index (χ3v) is 5.59. The van der Waals surface area contributed by atoms with Crippen LogP contribution in [-0.4, -0.2) is 33.8 Å². The number of likely N-dealkylation sites (tertiary alicyclic amines) is 1. The van der Waals surface area contributed by atoms with Crippen molar-refractivity contribution in [3.8, 4) is 0 Å². The number of hydrogen-bond donors (Lipinski definition) is 0. The van der Waals surface area contributed by atoms with Gasteiger partial charge >= 0.3 is 0 Å². The summed E-state index contributed by atoms with van der Waals surface area (Å²) in [4.78, 5) is 22.4. The van der Waals surface area contributed by atoms with Crippen LogP contribution in [0, 0.1) is 0 Å². The van der Waals surface area contributed by atoms with E-state index in [0.717, 1.165) is 39.0 Å². The minimum atomic E-state index is -0.0182. The van der Waals surface area contributed by atoms with Gasteiger partial charge in [0.1, 0.15) is 6.26 Å². The van der Waals surface area contributed by atoms with Crippen LogP contribution in [0.1, 0.15) is 39.7 Å². The summed E-state index contributed by atoms with van der Waals surface area (Å²) in [5, 5.41) is 2.09. The van der Waals surface area contributed by atoms with E-state index in [9.17, 15) is 4.79 Å². The monoisotopic (exact) mass is 381 g/mol. The van der Waals surface area contributed by atoms with Crippen molar-refractivity contribution in [1.29, 1.82) is 0 Å². The summed E-state index contributed by atoms with van der Waals surface area (Å²) in [7, 11) is 0. The molecule has 1 saturated heterocycles. The molecule has 4 rings (SSSR count). The molecule has 5 nitrogen and oxygen atoms in total. The predicted octanol–water partition coefficient (Wildman–Crippen LogP) is 4.17. The standard InChI is InChI=1S/C21H23N3O2S/c25-21(24-10-4-5-11-24)19-16-26-20(22-19)15-23(14-18-9-6-12-27-18)13-17-7-2-1-3-8-17/h1-3,6-9,12,16H,4-5,10-11,13-15H2. The summed E-state index contributed by atoms with van der Waals surface area (Å²) in [5.74, 6) is 0.570. The highest BCUT2D eigenvalue weighted by Crippen LogP contribution is 2.18. The maximum Gasteiger partial charge on any atom is 0.275 e. The van der Waals surface area contributed by atoms with E-state index in [4.69, 9.17) is 4.42 Å². The summed E-state index contributed by atoms with van der Waals surface area (Å²) < 4.78 is 5.64. The minimum Gasteiger partial charge on any atom is -0.447 e. The van der Waals surface area contributed by atoms with Gasteiger partial charge in [-0.25, -0.2) is 4.98 Å². The van der Waals surface area contributed by atoms with Gasteiger partial charge in [-0.2, -0.15) is 0 Å². The molecule has 1 aliphatic rings. The number of thiophene rings is 1. The van der Waals surface area contributed by atoms with Crippen molar-refractivity contribution < 1.29 is 9.21 Å². The highest BCUT2D eigenvalue weighted by atomic mass is 32.1. The Hall–Kier alpha value is -2.44. The largest absolute Gasteiger partial charge is 0.447 e. The minimum absolute atomic E-state index is 0.0182. The Morgan fingerprint density at radius 2 is 1.89 bits per heavy atom. The molecule has 6 heteroatoms. The molecule has 1 fully saturated rings. The van der Waals surface area contributed by atoms with E-state index in [1.165, 1.54) is 16.7 Å². The Labute approximate surface area is 163 Å². The first-order valence-electron chi connectivity index (χ1n) is 9.30. The Kier molecular flexibility index (Phi) is 5.65. The average molecular weight is 382 g/mol. The van der Waals surface area contributed by atoms with E-state index in [1.54, 1.807) is 11.3 Å². The molecular formula is C21H23N3O2S. The van der Waals surface area contributed by atoms with Crippen molar-refractivity contribution in [3.05, 3.63) is 76.1 Å². The SMILES string of the molecule is O=C(c1coc(CN(Cc2ccccc2)Cc2cccs2)n1)N1CCCC1. The molecule has 0 spiro atoms. The zero-order valence-corrected chi connectivity index (χ0v) is 16.0. The fourth-order valence-corrected chi connectivity index (χ4v) is 4.13. The van der Waals surface area contributed by atoms with Crippen LogP contribution in [0.3, 0.4) is 0 Å². The molecule has 0 bridgehead atoms. The third kappa shape index (κ3) is 4.64. The van der Waals surface area contributed by atoms with Crippen LogP contribution in [0.25, 0.3) is 0 Å². The topological polar surface area (TPSA) is 49.6 Å². The van der Waals surface area contributed by atoms with Gasteiger partial charge in [0, 0.05) is 31.1 Å². The molecule has 1 amide bonds. The van der Waals surface area contributed by atoms with Crippen molar-refractivity contribution in [1.82, 2.24) is 14.8 Å². The van der Waals surface area contributed by atoms with Gasteiger partial charge < -0.3 is 9.32 Å². The van der Waals surface area contributed by atoms with Crippen molar-refractivity contribution >= 4 is 17.2 Å². The fraction of sp³-hybridized carbons (Fsp3) is 0.333. The van der Waals surface area contributed by atoms with E-state index < -0.39 is 0 Å². The first-order valence-corrected chi connectivity index (χ1v) is 10.2. The lowest BCUT2D eigenvalue weighted by Crippen LogP contribution is -2.28. The molecule has 0 unspecified atom stereocenters. The second kappa shape index (κ2) is 8.50. The normalized spacial score (nSPS) is 14.2. The second-order valence-electron chi connectivity index (χ2n) is 6.84. The van der Waals surface area contributed by atoms with E-state index >= 15 is 0 Å². The number of hydrogen-bond acceptors (Lipinski definition) is 5. The Morgan fingerprint density at radius 3 is 2.63 bits per heavy atom. The van der Waals surface area contributed by atoms with Gasteiger partial charge in [0.2, 0.25) is 5.89 Å². The molecule has 0 atom stereocenters. The van der Waals surface area contributed by atoms with Crippen molar-refractivity contribution in [3.63, 3.8) is 0 Å². The lowest BCUT2D eigenvalue weighted by molar-refractivity contribution is 0.0787. The van der Waals surface area contributed by atoms with Gasteiger partial charge in [-0.15, -0.1) is 11.3 Å². The fourth-order valence-electron chi connectivity index (χ4n) is 3.39. The number of carbonyl (C=O) groups is 1. The van der Waals surface area contributed by atoms with Crippen molar-refractivity contribution in [2.45, 2.75) is 32.5 Å². The summed E-state index contributed by atoms with van der Waals surface area (Å²) in [6, 6.07) is 14.6. The first kappa shape index (κ1) is 17.9. The molecule has 0 aliphatic carbocycles. The summed E-state index contributed by atoms with van der Waals surface area (Å²) >= 11 is 1.75. The average Bonchev–Trinajstić information content (AvgIpc) is 3.45. The lowest BCUT2D eigenvalue weighted by Gasteiger charge is -2.20. The van der Waals surface area contributed by atoms with Crippen molar-refractivity contribution in [2.75, 3.05) is 13.1 Å². The van der Waals surface area contributed by atoms with Crippen LogP contribution in [-0.2, 0) is 19.6 Å². The van der Waals surface area contributed by atoms with Gasteiger partial charge in [-0.1, -0.05) is 36.4 Å². The molecule has 3 aromatic rings. The van der Waals surface area contributed by atoms with Gasteiger partial charge in [0.25, 0.3) is 5.91 Å². The molecule has 27 heavy (non-hydrogen) atoms. The Morgan fingerprint density at radius 1 is 1.07 bits per heavy atom. The molecule has 1 aromatic carbocycles. The molecule has 140 valence electrons. The first-order chi connectivity index (χ1) is 13.3. The zero-order chi connectivity index (χ0) is 18.5. The molecule has 0 saturated carbocycles. The van der Waals surface area contributed by atoms with Crippen LogP contribution in [0.5, 0.6) is 0 Å². The number of nitrogens with zero attached hydrogens (tertiary/aromatic N) is 3. The van der Waals surface area contributed by atoms with Crippen LogP contribution in [0.2, 0.25) is 0 Å². The highest BCUT2D eigenvalue weighted by molar-refractivity contribution is 7.09. The summed E-state index contributed by atoms with van der Waals surface area (Å²) in [6.07, 6.45) is 3.64. The van der Waals surface area contributed by atoms with Crippen LogP contribution >= 0.6 is 11.3 Å².